The van der Waals surface area contributed by atoms with Crippen molar-refractivity contribution in [2.75, 3.05) is 0 Å². The Labute approximate surface area is 79.6 Å². The van der Waals surface area contributed by atoms with Crippen LogP contribution < -0.4 is 0 Å². The maximum absolute atomic E-state index is 11.8. The molecular weight excluding hydrogens is 184 g/mol. The van der Waals surface area contributed by atoms with E-state index in [2.05, 4.69) is 13.2 Å². The molecule has 0 amide bonds. The standard InChI is InChI=1S/C10H14O2S/c1-4-6-9(5-2)13(11,12)10(3)7-8-10/h4-6H,1-2,7-8H2,3H3/b9-6+. The van der Waals surface area contributed by atoms with E-state index in [1.165, 1.54) is 18.2 Å². The molecular formula is C10H14O2S. The van der Waals surface area contributed by atoms with E-state index in [1.807, 2.05) is 0 Å². The number of rotatable bonds is 4. The minimum atomic E-state index is -3.17. The maximum Gasteiger partial charge on any atom is 0.183 e. The van der Waals surface area contributed by atoms with Crippen molar-refractivity contribution >= 4 is 9.84 Å². The lowest BCUT2D eigenvalue weighted by Gasteiger charge is -2.10. The third-order valence-corrected chi connectivity index (χ3v) is 5.03. The van der Waals surface area contributed by atoms with Crippen LogP contribution in [0.3, 0.4) is 0 Å². The van der Waals surface area contributed by atoms with Crippen LogP contribution in [-0.2, 0) is 9.84 Å². The molecule has 0 radical (unpaired) electrons. The normalized spacial score (nSPS) is 20.8. The van der Waals surface area contributed by atoms with Crippen molar-refractivity contribution in [3.05, 3.63) is 36.3 Å². The van der Waals surface area contributed by atoms with Crippen LogP contribution in [-0.4, -0.2) is 13.2 Å². The first-order valence-corrected chi connectivity index (χ1v) is 5.66. The molecule has 1 saturated carbocycles. The van der Waals surface area contributed by atoms with E-state index >= 15 is 0 Å². The maximum atomic E-state index is 11.8. The topological polar surface area (TPSA) is 34.1 Å². The zero-order valence-corrected chi connectivity index (χ0v) is 8.60. The van der Waals surface area contributed by atoms with Gasteiger partial charge >= 0.3 is 0 Å². The zero-order valence-electron chi connectivity index (χ0n) is 7.79. The SMILES string of the molecule is C=C/C=C(\C=C)S(=O)(=O)C1(C)CC1. The second-order valence-corrected chi connectivity index (χ2v) is 5.93. The summed E-state index contributed by atoms with van der Waals surface area (Å²) in [6.45, 7) is 8.73. The van der Waals surface area contributed by atoms with Crippen molar-refractivity contribution in [1.82, 2.24) is 0 Å². The third kappa shape index (κ3) is 1.61. The minimum absolute atomic E-state index is 0.280. The summed E-state index contributed by atoms with van der Waals surface area (Å²) in [5.74, 6) is 0. The van der Waals surface area contributed by atoms with Gasteiger partial charge in [-0.15, -0.1) is 0 Å². The van der Waals surface area contributed by atoms with Crippen LogP contribution in [0.25, 0.3) is 0 Å². The summed E-state index contributed by atoms with van der Waals surface area (Å²) in [6.07, 6.45) is 5.84. The number of allylic oxidation sites excluding steroid dienone is 3. The van der Waals surface area contributed by atoms with Gasteiger partial charge in [-0.3, -0.25) is 0 Å². The lowest BCUT2D eigenvalue weighted by atomic mass is 10.5. The molecule has 0 N–H and O–H groups in total. The van der Waals surface area contributed by atoms with Crippen LogP contribution in [0.15, 0.2) is 36.3 Å². The minimum Gasteiger partial charge on any atom is -0.223 e. The molecule has 1 fully saturated rings. The van der Waals surface area contributed by atoms with E-state index in [-0.39, 0.29) is 4.91 Å². The first-order chi connectivity index (χ1) is 5.98. The average Bonchev–Trinajstić information content (AvgIpc) is 2.80. The highest BCUT2D eigenvalue weighted by molar-refractivity contribution is 7.97. The van der Waals surface area contributed by atoms with Gasteiger partial charge in [0.1, 0.15) is 0 Å². The fourth-order valence-corrected chi connectivity index (χ4v) is 2.82. The van der Waals surface area contributed by atoms with Crippen molar-refractivity contribution in [2.24, 2.45) is 0 Å². The predicted molar refractivity (Wildman–Crippen MR) is 55.0 cm³/mol. The molecule has 2 nitrogen and oxygen atoms in total. The summed E-state index contributed by atoms with van der Waals surface area (Å²) >= 11 is 0. The molecule has 0 spiro atoms. The predicted octanol–water partition coefficient (Wildman–Crippen LogP) is 2.21. The molecule has 0 aromatic heterocycles. The molecule has 0 unspecified atom stereocenters. The Morgan fingerprint density at radius 1 is 1.38 bits per heavy atom. The molecule has 0 bridgehead atoms. The second-order valence-electron chi connectivity index (χ2n) is 3.46. The average molecular weight is 198 g/mol. The lowest BCUT2D eigenvalue weighted by Crippen LogP contribution is -2.19. The van der Waals surface area contributed by atoms with E-state index in [1.54, 1.807) is 6.92 Å². The molecule has 1 aliphatic carbocycles. The van der Waals surface area contributed by atoms with Gasteiger partial charge in [-0.25, -0.2) is 8.42 Å². The van der Waals surface area contributed by atoms with Gasteiger partial charge in [0, 0.05) is 0 Å². The Balaban J connectivity index is 3.12. The van der Waals surface area contributed by atoms with Crippen molar-refractivity contribution < 1.29 is 8.42 Å². The Kier molecular flexibility index (Phi) is 2.48. The summed E-state index contributed by atoms with van der Waals surface area (Å²) in [7, 11) is -3.17. The van der Waals surface area contributed by atoms with Gasteiger partial charge in [0.15, 0.2) is 9.84 Å². The van der Waals surface area contributed by atoms with Crippen LogP contribution in [0.5, 0.6) is 0 Å². The molecule has 0 aliphatic heterocycles. The third-order valence-electron chi connectivity index (χ3n) is 2.40. The van der Waals surface area contributed by atoms with Gasteiger partial charge in [-0.2, -0.15) is 0 Å². The van der Waals surface area contributed by atoms with Crippen LogP contribution in [0.4, 0.5) is 0 Å². The molecule has 1 rings (SSSR count). The first kappa shape index (κ1) is 10.3. The zero-order chi connectivity index (χ0) is 10.1. The second kappa shape index (κ2) is 3.14. The van der Waals surface area contributed by atoms with Crippen molar-refractivity contribution in [2.45, 2.75) is 24.5 Å². The smallest absolute Gasteiger partial charge is 0.183 e. The van der Waals surface area contributed by atoms with Gasteiger partial charge in [-0.05, 0) is 25.8 Å². The fourth-order valence-electron chi connectivity index (χ4n) is 1.11. The summed E-state index contributed by atoms with van der Waals surface area (Å²) in [4.78, 5) is 0.280. The first-order valence-electron chi connectivity index (χ1n) is 4.18. The van der Waals surface area contributed by atoms with Gasteiger partial charge in [0.2, 0.25) is 0 Å². The Hall–Kier alpha value is -0.830. The van der Waals surface area contributed by atoms with Crippen molar-refractivity contribution in [3.63, 3.8) is 0 Å². The largest absolute Gasteiger partial charge is 0.223 e. The quantitative estimate of drug-likeness (QED) is 0.649. The summed E-state index contributed by atoms with van der Waals surface area (Å²) in [5.41, 5.74) is 0. The Bertz CT molecular complexity index is 356. The van der Waals surface area contributed by atoms with E-state index in [4.69, 9.17) is 0 Å². The summed E-state index contributed by atoms with van der Waals surface area (Å²) in [5, 5.41) is 0. The van der Waals surface area contributed by atoms with E-state index in [0.29, 0.717) is 0 Å². The lowest BCUT2D eigenvalue weighted by molar-refractivity contribution is 0.589. The Morgan fingerprint density at radius 2 is 1.92 bits per heavy atom. The van der Waals surface area contributed by atoms with Gasteiger partial charge in [0.05, 0.1) is 9.65 Å². The molecule has 1 aliphatic rings. The van der Waals surface area contributed by atoms with E-state index in [9.17, 15) is 8.42 Å². The van der Waals surface area contributed by atoms with E-state index in [0.717, 1.165) is 12.8 Å². The molecule has 72 valence electrons. The number of sulfone groups is 1. The van der Waals surface area contributed by atoms with Crippen molar-refractivity contribution in [1.29, 1.82) is 0 Å². The highest BCUT2D eigenvalue weighted by Crippen LogP contribution is 2.46. The molecule has 3 heteroatoms. The summed E-state index contributed by atoms with van der Waals surface area (Å²) < 4.78 is 23.2. The molecule has 0 aromatic carbocycles. The molecule has 0 heterocycles. The fraction of sp³-hybridized carbons (Fsp3) is 0.400. The molecule has 0 atom stereocenters. The van der Waals surface area contributed by atoms with E-state index < -0.39 is 14.6 Å². The van der Waals surface area contributed by atoms with Gasteiger partial charge in [0.25, 0.3) is 0 Å². The molecule has 0 aromatic rings. The molecule has 0 saturated heterocycles. The van der Waals surface area contributed by atoms with Crippen LogP contribution >= 0.6 is 0 Å². The van der Waals surface area contributed by atoms with Crippen LogP contribution in [0, 0.1) is 0 Å². The van der Waals surface area contributed by atoms with Crippen molar-refractivity contribution in [3.8, 4) is 0 Å². The monoisotopic (exact) mass is 198 g/mol. The number of hydrogen-bond donors (Lipinski definition) is 0. The summed E-state index contributed by atoms with van der Waals surface area (Å²) in [6, 6.07) is 0. The van der Waals surface area contributed by atoms with Gasteiger partial charge in [-0.1, -0.05) is 25.3 Å². The number of hydrogen-bond acceptors (Lipinski definition) is 2. The van der Waals surface area contributed by atoms with Gasteiger partial charge < -0.3 is 0 Å². The highest BCUT2D eigenvalue weighted by Gasteiger charge is 2.50. The Morgan fingerprint density at radius 3 is 2.23 bits per heavy atom. The van der Waals surface area contributed by atoms with Crippen LogP contribution in [0.1, 0.15) is 19.8 Å². The van der Waals surface area contributed by atoms with Crippen LogP contribution in [0.2, 0.25) is 0 Å². The highest BCUT2D eigenvalue weighted by atomic mass is 32.2. The molecule has 13 heavy (non-hydrogen) atoms.